The van der Waals surface area contributed by atoms with E-state index in [-0.39, 0.29) is 17.7 Å². The lowest BCUT2D eigenvalue weighted by atomic mass is 9.95. The molecule has 0 saturated carbocycles. The maximum atomic E-state index is 12.0. The lowest BCUT2D eigenvalue weighted by Gasteiger charge is -2.31. The minimum absolute atomic E-state index is 0.000389. The molecule has 110 valence electrons. The summed E-state index contributed by atoms with van der Waals surface area (Å²) < 4.78 is 0. The van der Waals surface area contributed by atoms with Crippen molar-refractivity contribution in [3.05, 3.63) is 0 Å². The van der Waals surface area contributed by atoms with E-state index in [0.717, 1.165) is 6.42 Å². The molecule has 1 atom stereocenters. The average Bonchev–Trinajstić information content (AvgIpc) is 2.36. The number of piperidine rings is 1. The first-order valence-electron chi connectivity index (χ1n) is 7.11. The third-order valence-corrected chi connectivity index (χ3v) is 3.74. The number of likely N-dealkylation sites (tertiary alicyclic amines) is 1. The predicted octanol–water partition coefficient (Wildman–Crippen LogP) is 0.912. The van der Waals surface area contributed by atoms with Gasteiger partial charge in [-0.2, -0.15) is 0 Å². The SMILES string of the molecule is CCCC(C)(O)CNC(=O)C1CCN(C(C)=O)CC1. The maximum Gasteiger partial charge on any atom is 0.223 e. The molecule has 5 heteroatoms. The molecule has 5 nitrogen and oxygen atoms in total. The first-order valence-corrected chi connectivity index (χ1v) is 7.11. The second kappa shape index (κ2) is 6.89. The topological polar surface area (TPSA) is 69.6 Å². The van der Waals surface area contributed by atoms with Gasteiger partial charge in [0.2, 0.25) is 11.8 Å². The zero-order chi connectivity index (χ0) is 14.5. The Bertz CT molecular complexity index is 321. The highest BCUT2D eigenvalue weighted by molar-refractivity contribution is 5.79. The summed E-state index contributed by atoms with van der Waals surface area (Å²) >= 11 is 0. The second-order valence-electron chi connectivity index (χ2n) is 5.75. The maximum absolute atomic E-state index is 12.0. The van der Waals surface area contributed by atoms with Gasteiger partial charge in [0, 0.05) is 32.5 Å². The van der Waals surface area contributed by atoms with Crippen LogP contribution in [0.5, 0.6) is 0 Å². The molecule has 0 aliphatic carbocycles. The van der Waals surface area contributed by atoms with Gasteiger partial charge in [-0.25, -0.2) is 0 Å². The Labute approximate surface area is 115 Å². The van der Waals surface area contributed by atoms with Gasteiger partial charge in [-0.3, -0.25) is 9.59 Å². The summed E-state index contributed by atoms with van der Waals surface area (Å²) in [5.41, 5.74) is -0.829. The van der Waals surface area contributed by atoms with Crippen molar-refractivity contribution in [1.82, 2.24) is 10.2 Å². The van der Waals surface area contributed by atoms with Crippen LogP contribution in [0.3, 0.4) is 0 Å². The Balaban J connectivity index is 2.34. The molecular formula is C14H26N2O3. The van der Waals surface area contributed by atoms with Gasteiger partial charge in [-0.05, 0) is 26.2 Å². The number of amides is 2. The standard InChI is InChI=1S/C14H26N2O3/c1-4-7-14(3,19)10-15-13(18)12-5-8-16(9-6-12)11(2)17/h12,19H,4-10H2,1-3H3,(H,15,18). The summed E-state index contributed by atoms with van der Waals surface area (Å²) in [7, 11) is 0. The number of hydrogen-bond acceptors (Lipinski definition) is 3. The van der Waals surface area contributed by atoms with Gasteiger partial charge in [0.1, 0.15) is 0 Å². The van der Waals surface area contributed by atoms with Crippen molar-refractivity contribution in [3.8, 4) is 0 Å². The molecule has 0 aromatic heterocycles. The van der Waals surface area contributed by atoms with E-state index in [2.05, 4.69) is 5.32 Å². The van der Waals surface area contributed by atoms with Gasteiger partial charge < -0.3 is 15.3 Å². The van der Waals surface area contributed by atoms with Crippen LogP contribution in [-0.2, 0) is 9.59 Å². The van der Waals surface area contributed by atoms with Crippen molar-refractivity contribution >= 4 is 11.8 Å². The zero-order valence-electron chi connectivity index (χ0n) is 12.2. The zero-order valence-corrected chi connectivity index (χ0v) is 12.2. The minimum Gasteiger partial charge on any atom is -0.388 e. The molecule has 1 aliphatic rings. The Morgan fingerprint density at radius 1 is 1.37 bits per heavy atom. The Morgan fingerprint density at radius 2 is 1.95 bits per heavy atom. The molecule has 1 saturated heterocycles. The molecule has 1 aliphatic heterocycles. The number of nitrogens with zero attached hydrogens (tertiary/aromatic N) is 1. The van der Waals surface area contributed by atoms with E-state index in [1.165, 1.54) is 0 Å². The fraction of sp³-hybridized carbons (Fsp3) is 0.857. The van der Waals surface area contributed by atoms with Gasteiger partial charge in [-0.15, -0.1) is 0 Å². The molecule has 2 N–H and O–H groups in total. The highest BCUT2D eigenvalue weighted by Gasteiger charge is 2.27. The summed E-state index contributed by atoms with van der Waals surface area (Å²) in [6, 6.07) is 0. The number of carbonyl (C=O) groups is 2. The van der Waals surface area contributed by atoms with E-state index < -0.39 is 5.60 Å². The third kappa shape index (κ3) is 5.19. The van der Waals surface area contributed by atoms with E-state index in [1.807, 2.05) is 6.92 Å². The van der Waals surface area contributed by atoms with Crippen LogP contribution in [0.2, 0.25) is 0 Å². The Hall–Kier alpha value is -1.10. The molecule has 1 heterocycles. The van der Waals surface area contributed by atoms with Crippen LogP contribution in [-0.4, -0.2) is 47.1 Å². The van der Waals surface area contributed by atoms with Gasteiger partial charge in [-0.1, -0.05) is 13.3 Å². The van der Waals surface area contributed by atoms with Gasteiger partial charge >= 0.3 is 0 Å². The van der Waals surface area contributed by atoms with E-state index in [0.29, 0.717) is 38.9 Å². The number of hydrogen-bond donors (Lipinski definition) is 2. The Morgan fingerprint density at radius 3 is 2.42 bits per heavy atom. The summed E-state index contributed by atoms with van der Waals surface area (Å²) in [6.07, 6.45) is 2.98. The first kappa shape index (κ1) is 16.0. The van der Waals surface area contributed by atoms with Crippen LogP contribution in [0.4, 0.5) is 0 Å². The molecule has 1 fully saturated rings. The van der Waals surface area contributed by atoms with Crippen LogP contribution in [0.25, 0.3) is 0 Å². The third-order valence-electron chi connectivity index (χ3n) is 3.74. The van der Waals surface area contributed by atoms with Gasteiger partial charge in [0.05, 0.1) is 5.60 Å². The fourth-order valence-corrected chi connectivity index (χ4v) is 2.51. The largest absolute Gasteiger partial charge is 0.388 e. The van der Waals surface area contributed by atoms with Crippen molar-refractivity contribution in [1.29, 1.82) is 0 Å². The van der Waals surface area contributed by atoms with Crippen LogP contribution in [0, 0.1) is 5.92 Å². The first-order chi connectivity index (χ1) is 8.85. The monoisotopic (exact) mass is 270 g/mol. The van der Waals surface area contributed by atoms with E-state index in [9.17, 15) is 14.7 Å². The van der Waals surface area contributed by atoms with Gasteiger partial charge in [0.25, 0.3) is 0 Å². The van der Waals surface area contributed by atoms with Crippen LogP contribution in [0.15, 0.2) is 0 Å². The summed E-state index contributed by atoms with van der Waals surface area (Å²) in [5, 5.41) is 12.8. The predicted molar refractivity (Wildman–Crippen MR) is 73.5 cm³/mol. The summed E-state index contributed by atoms with van der Waals surface area (Å²) in [5.74, 6) is 0.0392. The average molecular weight is 270 g/mol. The normalized spacial score (nSPS) is 19.9. The highest BCUT2D eigenvalue weighted by Crippen LogP contribution is 2.18. The molecule has 1 rings (SSSR count). The van der Waals surface area contributed by atoms with E-state index in [4.69, 9.17) is 0 Å². The molecule has 2 amide bonds. The molecule has 0 aromatic rings. The van der Waals surface area contributed by atoms with Crippen molar-refractivity contribution in [2.75, 3.05) is 19.6 Å². The van der Waals surface area contributed by atoms with Crippen molar-refractivity contribution in [2.24, 2.45) is 5.92 Å². The lowest BCUT2D eigenvalue weighted by Crippen LogP contribution is -2.46. The molecule has 1 unspecified atom stereocenters. The molecule has 0 radical (unpaired) electrons. The summed E-state index contributed by atoms with van der Waals surface area (Å²) in [4.78, 5) is 25.0. The lowest BCUT2D eigenvalue weighted by molar-refractivity contribution is -0.134. The van der Waals surface area contributed by atoms with Crippen molar-refractivity contribution in [2.45, 2.75) is 52.1 Å². The van der Waals surface area contributed by atoms with E-state index in [1.54, 1.807) is 18.7 Å². The molecule has 0 aromatic carbocycles. The Kier molecular flexibility index (Phi) is 5.79. The van der Waals surface area contributed by atoms with Crippen molar-refractivity contribution < 1.29 is 14.7 Å². The van der Waals surface area contributed by atoms with Crippen molar-refractivity contribution in [3.63, 3.8) is 0 Å². The highest BCUT2D eigenvalue weighted by atomic mass is 16.3. The molecular weight excluding hydrogens is 244 g/mol. The molecule has 0 spiro atoms. The van der Waals surface area contributed by atoms with Crippen LogP contribution < -0.4 is 5.32 Å². The van der Waals surface area contributed by atoms with Crippen LogP contribution >= 0.6 is 0 Å². The quantitative estimate of drug-likeness (QED) is 0.780. The summed E-state index contributed by atoms with van der Waals surface area (Å²) in [6.45, 7) is 6.91. The minimum atomic E-state index is -0.829. The number of aliphatic hydroxyl groups is 1. The second-order valence-corrected chi connectivity index (χ2v) is 5.75. The molecule has 19 heavy (non-hydrogen) atoms. The van der Waals surface area contributed by atoms with E-state index >= 15 is 0 Å². The number of rotatable bonds is 5. The smallest absolute Gasteiger partial charge is 0.223 e. The van der Waals surface area contributed by atoms with Gasteiger partial charge in [0.15, 0.2) is 0 Å². The number of nitrogens with one attached hydrogen (secondary N) is 1. The fourth-order valence-electron chi connectivity index (χ4n) is 2.51. The molecule has 0 bridgehead atoms. The van der Waals surface area contributed by atoms with Crippen LogP contribution in [0.1, 0.15) is 46.5 Å². The number of carbonyl (C=O) groups excluding carboxylic acids is 2.